The normalized spacial score (nSPS) is 14.3. The van der Waals surface area contributed by atoms with Crippen LogP contribution in [0.3, 0.4) is 0 Å². The highest BCUT2D eigenvalue weighted by atomic mass is 79.9. The van der Waals surface area contributed by atoms with Gasteiger partial charge in [0.05, 0.1) is 23.4 Å². The van der Waals surface area contributed by atoms with Crippen molar-refractivity contribution in [3.8, 4) is 5.75 Å². The molecule has 2 amide bonds. The quantitative estimate of drug-likeness (QED) is 0.719. The summed E-state index contributed by atoms with van der Waals surface area (Å²) in [7, 11) is 1.54. The summed E-state index contributed by atoms with van der Waals surface area (Å²) in [4.78, 5) is 27.4. The lowest BCUT2D eigenvalue weighted by Crippen LogP contribution is -2.34. The second-order valence-corrected chi connectivity index (χ2v) is 7.65. The van der Waals surface area contributed by atoms with Gasteiger partial charge < -0.3 is 20.3 Å². The second-order valence-electron chi connectivity index (χ2n) is 6.39. The average molecular weight is 467 g/mol. The Morgan fingerprint density at radius 2 is 2.00 bits per heavy atom. The third-order valence-corrected chi connectivity index (χ3v) is 5.53. The Bertz CT molecular complexity index is 883. The molecule has 0 atom stereocenters. The molecular weight excluding hydrogens is 446 g/mol. The number of halogens is 2. The molecule has 1 saturated heterocycles. The van der Waals surface area contributed by atoms with Crippen molar-refractivity contribution in [3.63, 3.8) is 0 Å². The monoisotopic (exact) mass is 465 g/mol. The second kappa shape index (κ2) is 9.41. The molecule has 148 valence electrons. The Morgan fingerprint density at radius 3 is 2.79 bits per heavy atom. The molecule has 2 aromatic carbocycles. The van der Waals surface area contributed by atoms with Crippen molar-refractivity contribution >= 4 is 45.0 Å². The summed E-state index contributed by atoms with van der Waals surface area (Å²) >= 11 is 9.63. The molecule has 0 aromatic heterocycles. The number of methoxy groups -OCH3 is 1. The number of amides is 2. The van der Waals surface area contributed by atoms with Gasteiger partial charge in [-0.25, -0.2) is 0 Å². The van der Waals surface area contributed by atoms with Gasteiger partial charge in [0.1, 0.15) is 5.75 Å². The first-order valence-corrected chi connectivity index (χ1v) is 10.1. The average Bonchev–Trinajstić information content (AvgIpc) is 2.99. The zero-order valence-electron chi connectivity index (χ0n) is 15.4. The van der Waals surface area contributed by atoms with E-state index in [1.807, 2.05) is 4.90 Å². The van der Waals surface area contributed by atoms with E-state index < -0.39 is 0 Å². The minimum Gasteiger partial charge on any atom is -0.497 e. The van der Waals surface area contributed by atoms with E-state index in [2.05, 4.69) is 26.6 Å². The number of nitrogens with zero attached hydrogens (tertiary/aromatic N) is 1. The zero-order chi connectivity index (χ0) is 20.1. The lowest BCUT2D eigenvalue weighted by Gasteiger charge is -2.20. The minimum atomic E-state index is -0.351. The largest absolute Gasteiger partial charge is 0.497 e. The van der Waals surface area contributed by atoms with E-state index in [4.69, 9.17) is 16.3 Å². The number of nitrogens with one attached hydrogen (secondary N) is 2. The number of carbonyl (C=O) groups is 2. The predicted molar refractivity (Wildman–Crippen MR) is 113 cm³/mol. The van der Waals surface area contributed by atoms with Crippen LogP contribution in [0.1, 0.15) is 27.1 Å². The van der Waals surface area contributed by atoms with Gasteiger partial charge in [0, 0.05) is 29.7 Å². The van der Waals surface area contributed by atoms with Gasteiger partial charge >= 0.3 is 0 Å². The molecule has 2 aromatic rings. The van der Waals surface area contributed by atoms with Crippen molar-refractivity contribution < 1.29 is 14.3 Å². The summed E-state index contributed by atoms with van der Waals surface area (Å²) in [5.41, 5.74) is 1.29. The SMILES string of the molecule is COc1ccc(Br)c(C(=O)Nc2cc(C(=O)N3CCCNCC3)ccc2Cl)c1. The molecule has 1 aliphatic heterocycles. The Kier molecular flexibility index (Phi) is 6.93. The van der Waals surface area contributed by atoms with Crippen LogP contribution in [-0.2, 0) is 0 Å². The first-order chi connectivity index (χ1) is 13.5. The maximum Gasteiger partial charge on any atom is 0.256 e. The molecule has 0 bridgehead atoms. The fourth-order valence-electron chi connectivity index (χ4n) is 2.98. The van der Waals surface area contributed by atoms with Crippen LogP contribution in [0.25, 0.3) is 0 Å². The summed E-state index contributed by atoms with van der Waals surface area (Å²) < 4.78 is 5.81. The molecular formula is C20H21BrClN3O3. The van der Waals surface area contributed by atoms with Crippen LogP contribution >= 0.6 is 27.5 Å². The fourth-order valence-corrected chi connectivity index (χ4v) is 3.57. The van der Waals surface area contributed by atoms with Crippen LogP contribution in [0.5, 0.6) is 5.75 Å². The van der Waals surface area contributed by atoms with Crippen LogP contribution in [0.4, 0.5) is 5.69 Å². The molecule has 3 rings (SSSR count). The van der Waals surface area contributed by atoms with Crippen molar-refractivity contribution in [3.05, 3.63) is 57.0 Å². The summed E-state index contributed by atoms with van der Waals surface area (Å²) in [6.07, 6.45) is 0.910. The topological polar surface area (TPSA) is 70.7 Å². The maximum absolute atomic E-state index is 12.8. The Labute approximate surface area is 177 Å². The molecule has 0 aliphatic carbocycles. The molecule has 0 spiro atoms. The lowest BCUT2D eigenvalue weighted by molar-refractivity contribution is 0.0766. The van der Waals surface area contributed by atoms with E-state index in [-0.39, 0.29) is 11.8 Å². The van der Waals surface area contributed by atoms with Crippen LogP contribution in [0.2, 0.25) is 5.02 Å². The third kappa shape index (κ3) is 4.84. The smallest absolute Gasteiger partial charge is 0.256 e. The number of rotatable bonds is 4. The number of ether oxygens (including phenoxy) is 1. The van der Waals surface area contributed by atoms with Gasteiger partial charge in [-0.15, -0.1) is 0 Å². The van der Waals surface area contributed by atoms with E-state index in [1.165, 1.54) is 7.11 Å². The van der Waals surface area contributed by atoms with E-state index >= 15 is 0 Å². The third-order valence-electron chi connectivity index (χ3n) is 4.51. The van der Waals surface area contributed by atoms with Gasteiger partial charge in [0.25, 0.3) is 11.8 Å². The Hall–Kier alpha value is -2.09. The predicted octanol–water partition coefficient (Wildman–Crippen LogP) is 3.80. The van der Waals surface area contributed by atoms with Gasteiger partial charge in [0.2, 0.25) is 0 Å². The highest BCUT2D eigenvalue weighted by molar-refractivity contribution is 9.10. The van der Waals surface area contributed by atoms with Gasteiger partial charge in [-0.3, -0.25) is 9.59 Å². The van der Waals surface area contributed by atoms with Crippen LogP contribution in [0, 0.1) is 0 Å². The lowest BCUT2D eigenvalue weighted by atomic mass is 10.1. The summed E-state index contributed by atoms with van der Waals surface area (Å²) in [5.74, 6) is 0.146. The van der Waals surface area contributed by atoms with Crippen LogP contribution in [0.15, 0.2) is 40.9 Å². The molecule has 1 aliphatic rings. The number of benzene rings is 2. The molecule has 2 N–H and O–H groups in total. The Morgan fingerprint density at radius 1 is 1.18 bits per heavy atom. The fraction of sp³-hybridized carbons (Fsp3) is 0.300. The summed E-state index contributed by atoms with van der Waals surface area (Å²) in [5, 5.41) is 6.43. The van der Waals surface area contributed by atoms with Crippen LogP contribution < -0.4 is 15.4 Å². The molecule has 0 unspecified atom stereocenters. The molecule has 1 fully saturated rings. The number of hydrogen-bond donors (Lipinski definition) is 2. The Balaban J connectivity index is 1.81. The first kappa shape index (κ1) is 20.6. The van der Waals surface area contributed by atoms with Crippen molar-refractivity contribution in [1.82, 2.24) is 10.2 Å². The standard InChI is InChI=1S/C20H21BrClN3O3/c1-28-14-4-5-16(21)15(12-14)19(26)24-18-11-13(3-6-17(18)22)20(27)25-9-2-7-23-8-10-25/h3-6,11-12,23H,2,7-10H2,1H3,(H,24,26). The summed E-state index contributed by atoms with van der Waals surface area (Å²) in [6, 6.07) is 10.1. The minimum absolute atomic E-state index is 0.0709. The van der Waals surface area contributed by atoms with E-state index in [0.717, 1.165) is 19.5 Å². The molecule has 8 heteroatoms. The first-order valence-electron chi connectivity index (χ1n) is 8.94. The van der Waals surface area contributed by atoms with E-state index in [1.54, 1.807) is 36.4 Å². The van der Waals surface area contributed by atoms with Crippen molar-refractivity contribution in [2.75, 3.05) is 38.6 Å². The van der Waals surface area contributed by atoms with Crippen molar-refractivity contribution in [1.29, 1.82) is 0 Å². The maximum atomic E-state index is 12.8. The van der Waals surface area contributed by atoms with Gasteiger partial charge in [-0.1, -0.05) is 11.6 Å². The van der Waals surface area contributed by atoms with Crippen molar-refractivity contribution in [2.24, 2.45) is 0 Å². The van der Waals surface area contributed by atoms with Gasteiger partial charge in [-0.2, -0.15) is 0 Å². The van der Waals surface area contributed by atoms with Gasteiger partial charge in [-0.05, 0) is 65.3 Å². The number of hydrogen-bond acceptors (Lipinski definition) is 4. The molecule has 0 saturated carbocycles. The zero-order valence-corrected chi connectivity index (χ0v) is 17.8. The molecule has 0 radical (unpaired) electrons. The highest BCUT2D eigenvalue weighted by Gasteiger charge is 2.19. The van der Waals surface area contributed by atoms with E-state index in [9.17, 15) is 9.59 Å². The van der Waals surface area contributed by atoms with E-state index in [0.29, 0.717) is 45.1 Å². The van der Waals surface area contributed by atoms with Crippen molar-refractivity contribution in [2.45, 2.75) is 6.42 Å². The molecule has 1 heterocycles. The number of carbonyl (C=O) groups excluding carboxylic acids is 2. The summed E-state index contributed by atoms with van der Waals surface area (Å²) in [6.45, 7) is 3.03. The number of anilines is 1. The van der Waals surface area contributed by atoms with Gasteiger partial charge in [0.15, 0.2) is 0 Å². The van der Waals surface area contributed by atoms with Crippen LogP contribution in [-0.4, -0.2) is 50.0 Å². The highest BCUT2D eigenvalue weighted by Crippen LogP contribution is 2.27. The molecule has 6 nitrogen and oxygen atoms in total. The molecule has 28 heavy (non-hydrogen) atoms.